The first-order valence-corrected chi connectivity index (χ1v) is 5.00. The van der Waals surface area contributed by atoms with Gasteiger partial charge in [-0.2, -0.15) is 0 Å². The zero-order chi connectivity index (χ0) is 11.5. The number of aliphatic hydroxyl groups is 1. The minimum atomic E-state index is -1.96. The summed E-state index contributed by atoms with van der Waals surface area (Å²) in [7, 11) is 0. The summed E-state index contributed by atoms with van der Waals surface area (Å²) in [6, 6.07) is 2.95. The van der Waals surface area contributed by atoms with E-state index < -0.39 is 15.9 Å². The smallest absolute Gasteiger partial charge is 0.253 e. The lowest BCUT2D eigenvalue weighted by molar-refractivity contribution is 0.0791. The second kappa shape index (κ2) is 4.99. The van der Waals surface area contributed by atoms with E-state index in [1.54, 1.807) is 0 Å². The molecule has 1 rings (SSSR count). The molecule has 15 heavy (non-hydrogen) atoms. The number of carbonyl (C=O) groups excluding carboxylic acids is 1. The fourth-order valence-electron chi connectivity index (χ4n) is 0.793. The highest BCUT2D eigenvalue weighted by atomic mass is 35.6. The van der Waals surface area contributed by atoms with Crippen LogP contribution in [0, 0.1) is 0 Å². The molecule has 0 aromatic carbocycles. The average molecular weight is 270 g/mol. The molecule has 0 saturated carbocycles. The van der Waals surface area contributed by atoms with Gasteiger partial charge in [-0.15, -0.1) is 0 Å². The zero-order valence-corrected chi connectivity index (χ0v) is 9.59. The quantitative estimate of drug-likeness (QED) is 0.632. The number of aliphatic hydroxyl groups excluding tert-OH is 1. The van der Waals surface area contributed by atoms with E-state index in [1.807, 2.05) is 0 Å². The van der Waals surface area contributed by atoms with Crippen LogP contribution in [-0.4, -0.2) is 26.0 Å². The van der Waals surface area contributed by atoms with Gasteiger partial charge in [-0.05, 0) is 12.1 Å². The SMILES string of the molecule is O=C(N[C@@H](O)C(Cl)(Cl)Cl)c1ccncc1. The molecule has 0 aliphatic heterocycles. The summed E-state index contributed by atoms with van der Waals surface area (Å²) in [5.74, 6) is -0.545. The third kappa shape index (κ3) is 3.83. The van der Waals surface area contributed by atoms with E-state index in [0.29, 0.717) is 5.56 Å². The van der Waals surface area contributed by atoms with Gasteiger partial charge < -0.3 is 10.4 Å². The largest absolute Gasteiger partial charge is 0.369 e. The predicted octanol–water partition coefficient (Wildman–Crippen LogP) is 1.50. The van der Waals surface area contributed by atoms with Crippen LogP contribution in [0.15, 0.2) is 24.5 Å². The van der Waals surface area contributed by atoms with E-state index in [2.05, 4.69) is 10.3 Å². The summed E-state index contributed by atoms with van der Waals surface area (Å²) in [4.78, 5) is 15.2. The number of amides is 1. The highest BCUT2D eigenvalue weighted by Gasteiger charge is 2.32. The van der Waals surface area contributed by atoms with Crippen molar-refractivity contribution in [2.45, 2.75) is 10.0 Å². The standard InChI is InChI=1S/C8H7Cl3N2O2/c9-8(10,11)7(15)13-6(14)5-1-3-12-4-2-5/h1-4,7,15H,(H,13,14)/t7-/m0/s1. The number of hydrogen-bond acceptors (Lipinski definition) is 3. The minimum absolute atomic E-state index is 0.318. The van der Waals surface area contributed by atoms with Crippen molar-refractivity contribution in [3.63, 3.8) is 0 Å². The molecule has 0 saturated heterocycles. The van der Waals surface area contributed by atoms with Gasteiger partial charge in [-0.1, -0.05) is 34.8 Å². The maximum Gasteiger partial charge on any atom is 0.253 e. The van der Waals surface area contributed by atoms with Crippen molar-refractivity contribution >= 4 is 40.7 Å². The van der Waals surface area contributed by atoms with Gasteiger partial charge in [-0.3, -0.25) is 9.78 Å². The van der Waals surface area contributed by atoms with E-state index in [9.17, 15) is 9.90 Å². The van der Waals surface area contributed by atoms with E-state index in [4.69, 9.17) is 34.8 Å². The number of nitrogens with one attached hydrogen (secondary N) is 1. The van der Waals surface area contributed by atoms with Crippen molar-refractivity contribution in [2.75, 3.05) is 0 Å². The molecular formula is C8H7Cl3N2O2. The van der Waals surface area contributed by atoms with Gasteiger partial charge in [0.2, 0.25) is 3.79 Å². The lowest BCUT2D eigenvalue weighted by atomic mass is 10.2. The van der Waals surface area contributed by atoms with Crippen LogP contribution in [0.2, 0.25) is 0 Å². The number of halogens is 3. The van der Waals surface area contributed by atoms with Crippen molar-refractivity contribution in [1.29, 1.82) is 0 Å². The van der Waals surface area contributed by atoms with E-state index >= 15 is 0 Å². The fourth-order valence-corrected chi connectivity index (χ4v) is 0.956. The van der Waals surface area contributed by atoms with Gasteiger partial charge >= 0.3 is 0 Å². The molecule has 1 atom stereocenters. The number of alkyl halides is 3. The van der Waals surface area contributed by atoms with Crippen LogP contribution in [0.3, 0.4) is 0 Å². The van der Waals surface area contributed by atoms with Crippen molar-refractivity contribution in [2.24, 2.45) is 0 Å². The second-order valence-electron chi connectivity index (χ2n) is 2.65. The van der Waals surface area contributed by atoms with Crippen molar-refractivity contribution in [3.05, 3.63) is 30.1 Å². The molecule has 1 aromatic heterocycles. The summed E-state index contributed by atoms with van der Waals surface area (Å²) in [5.41, 5.74) is 0.318. The Kier molecular flexibility index (Phi) is 4.16. The van der Waals surface area contributed by atoms with E-state index in [1.165, 1.54) is 24.5 Å². The highest BCUT2D eigenvalue weighted by molar-refractivity contribution is 6.68. The number of pyridine rings is 1. The minimum Gasteiger partial charge on any atom is -0.369 e. The lowest BCUT2D eigenvalue weighted by Gasteiger charge is -2.19. The summed E-state index contributed by atoms with van der Waals surface area (Å²) in [6.07, 6.45) is 1.32. The first kappa shape index (κ1) is 12.5. The Morgan fingerprint density at radius 1 is 1.40 bits per heavy atom. The lowest BCUT2D eigenvalue weighted by Crippen LogP contribution is -2.43. The highest BCUT2D eigenvalue weighted by Crippen LogP contribution is 2.28. The molecule has 0 radical (unpaired) electrons. The van der Waals surface area contributed by atoms with Crippen LogP contribution in [0.5, 0.6) is 0 Å². The Hall–Kier alpha value is -0.550. The van der Waals surface area contributed by atoms with E-state index in [-0.39, 0.29) is 0 Å². The molecule has 0 fully saturated rings. The maximum absolute atomic E-state index is 11.4. The molecule has 2 N–H and O–H groups in total. The summed E-state index contributed by atoms with van der Waals surface area (Å²) < 4.78 is -1.96. The van der Waals surface area contributed by atoms with Crippen LogP contribution in [0.4, 0.5) is 0 Å². The maximum atomic E-state index is 11.4. The zero-order valence-electron chi connectivity index (χ0n) is 7.32. The monoisotopic (exact) mass is 268 g/mol. The first-order valence-electron chi connectivity index (χ1n) is 3.87. The topological polar surface area (TPSA) is 62.2 Å². The molecule has 4 nitrogen and oxygen atoms in total. The van der Waals surface area contributed by atoms with Crippen LogP contribution in [0.1, 0.15) is 10.4 Å². The molecule has 0 spiro atoms. The average Bonchev–Trinajstić information content (AvgIpc) is 2.17. The Labute approximate surface area is 101 Å². The molecule has 1 amide bonds. The van der Waals surface area contributed by atoms with Crippen molar-refractivity contribution < 1.29 is 9.90 Å². The molecule has 1 aromatic rings. The molecule has 1 heterocycles. The third-order valence-electron chi connectivity index (χ3n) is 1.52. The number of hydrogen-bond donors (Lipinski definition) is 2. The third-order valence-corrected chi connectivity index (χ3v) is 2.14. The summed E-state index contributed by atoms with van der Waals surface area (Å²) >= 11 is 16.1. The Morgan fingerprint density at radius 2 is 1.93 bits per heavy atom. The van der Waals surface area contributed by atoms with Gasteiger partial charge in [-0.25, -0.2) is 0 Å². The van der Waals surface area contributed by atoms with Gasteiger partial charge in [0, 0.05) is 18.0 Å². The predicted molar refractivity (Wildman–Crippen MR) is 58.0 cm³/mol. The van der Waals surface area contributed by atoms with Crippen LogP contribution in [0.25, 0.3) is 0 Å². The van der Waals surface area contributed by atoms with Gasteiger partial charge in [0.25, 0.3) is 5.91 Å². The molecule has 0 unspecified atom stereocenters. The van der Waals surface area contributed by atoms with Crippen LogP contribution >= 0.6 is 34.8 Å². The molecule has 0 aliphatic carbocycles. The van der Waals surface area contributed by atoms with Crippen molar-refractivity contribution in [3.8, 4) is 0 Å². The van der Waals surface area contributed by atoms with Crippen molar-refractivity contribution in [1.82, 2.24) is 10.3 Å². The Balaban J connectivity index is 2.65. The molecule has 0 bridgehead atoms. The molecule has 0 aliphatic rings. The molecule has 82 valence electrons. The number of nitrogens with zero attached hydrogens (tertiary/aromatic N) is 1. The van der Waals surface area contributed by atoms with Gasteiger partial charge in [0.1, 0.15) is 0 Å². The Morgan fingerprint density at radius 3 is 2.40 bits per heavy atom. The van der Waals surface area contributed by atoms with Crippen LogP contribution in [-0.2, 0) is 0 Å². The molecule has 7 heteroatoms. The van der Waals surface area contributed by atoms with E-state index in [0.717, 1.165) is 0 Å². The molecular weight excluding hydrogens is 262 g/mol. The second-order valence-corrected chi connectivity index (χ2v) is 5.02. The Bertz CT molecular complexity index is 339. The number of rotatable bonds is 2. The summed E-state index contributed by atoms with van der Waals surface area (Å²) in [6.45, 7) is 0. The fraction of sp³-hybridized carbons (Fsp3) is 0.250. The normalized spacial score (nSPS) is 13.3. The number of carbonyl (C=O) groups is 1. The summed E-state index contributed by atoms with van der Waals surface area (Å²) in [5, 5.41) is 11.4. The van der Waals surface area contributed by atoms with Gasteiger partial charge in [0.15, 0.2) is 6.23 Å². The van der Waals surface area contributed by atoms with Gasteiger partial charge in [0.05, 0.1) is 0 Å². The van der Waals surface area contributed by atoms with Crippen LogP contribution < -0.4 is 5.32 Å². The first-order chi connectivity index (χ1) is 6.91. The number of aromatic nitrogens is 1.